The molecule has 0 atom stereocenters. The molecule has 0 amide bonds. The number of nitrogens with one attached hydrogen (secondary N) is 1. The maximum atomic E-state index is 11.5. The Morgan fingerprint density at radius 3 is 2.57 bits per heavy atom. The van der Waals surface area contributed by atoms with Gasteiger partial charge in [-0.2, -0.15) is 5.10 Å². The average Bonchev–Trinajstić information content (AvgIpc) is 2.55. The van der Waals surface area contributed by atoms with Gasteiger partial charge in [0.1, 0.15) is 5.56 Å². The molecule has 0 heterocycles. The normalized spacial score (nSPS) is 10.6. The zero-order valence-electron chi connectivity index (χ0n) is 12.5. The molecule has 2 aromatic carbocycles. The number of ether oxygens (including phenoxy) is 2. The van der Waals surface area contributed by atoms with Crippen molar-refractivity contribution in [2.24, 2.45) is 5.10 Å². The first kappa shape index (κ1) is 16.6. The molecule has 2 aromatic rings. The van der Waals surface area contributed by atoms with Gasteiger partial charge >= 0.3 is 5.97 Å². The Morgan fingerprint density at radius 2 is 1.96 bits per heavy atom. The molecule has 0 spiro atoms. The summed E-state index contributed by atoms with van der Waals surface area (Å²) < 4.78 is 10.2. The standard InChI is InChI=1S/C16H15ClN2O4/c1-22-13-8-7-10(14(16(20)21)15(13)23-2)9-18-19-12-6-4-3-5-11(12)17/h3-9,19H,1-2H3,(H,20,21)/b18-9-. The van der Waals surface area contributed by atoms with E-state index in [2.05, 4.69) is 10.5 Å². The van der Waals surface area contributed by atoms with Crippen LogP contribution in [0.2, 0.25) is 5.02 Å². The average molecular weight is 335 g/mol. The maximum absolute atomic E-state index is 11.5. The fourth-order valence-corrected chi connectivity index (χ4v) is 2.17. The summed E-state index contributed by atoms with van der Waals surface area (Å²) in [5.74, 6) is -0.664. The van der Waals surface area contributed by atoms with E-state index in [0.717, 1.165) is 0 Å². The number of benzene rings is 2. The van der Waals surface area contributed by atoms with Gasteiger partial charge in [-0.25, -0.2) is 4.79 Å². The van der Waals surface area contributed by atoms with Gasteiger partial charge in [0.2, 0.25) is 0 Å². The van der Waals surface area contributed by atoms with Crippen LogP contribution in [0.25, 0.3) is 0 Å². The summed E-state index contributed by atoms with van der Waals surface area (Å²) in [7, 11) is 2.82. The highest BCUT2D eigenvalue weighted by Crippen LogP contribution is 2.33. The highest BCUT2D eigenvalue weighted by Gasteiger charge is 2.19. The van der Waals surface area contributed by atoms with Crippen LogP contribution >= 0.6 is 11.6 Å². The van der Waals surface area contributed by atoms with Crippen LogP contribution in [-0.2, 0) is 0 Å². The van der Waals surface area contributed by atoms with Gasteiger partial charge in [-0.05, 0) is 24.3 Å². The predicted octanol–water partition coefficient (Wildman–Crippen LogP) is 3.50. The molecular weight excluding hydrogens is 320 g/mol. The monoisotopic (exact) mass is 334 g/mol. The van der Waals surface area contributed by atoms with Gasteiger partial charge in [0.05, 0.1) is 31.1 Å². The van der Waals surface area contributed by atoms with Crippen molar-refractivity contribution in [1.29, 1.82) is 0 Å². The van der Waals surface area contributed by atoms with Crippen molar-refractivity contribution in [3.8, 4) is 11.5 Å². The van der Waals surface area contributed by atoms with Gasteiger partial charge in [0.15, 0.2) is 11.5 Å². The molecule has 0 saturated carbocycles. The topological polar surface area (TPSA) is 80.2 Å². The first-order chi connectivity index (χ1) is 11.1. The number of para-hydroxylation sites is 1. The zero-order chi connectivity index (χ0) is 16.8. The Labute approximate surface area is 138 Å². The molecule has 0 radical (unpaired) electrons. The van der Waals surface area contributed by atoms with Crippen molar-refractivity contribution in [3.63, 3.8) is 0 Å². The SMILES string of the molecule is COc1ccc(/C=N\Nc2ccccc2Cl)c(C(=O)O)c1OC. The van der Waals surface area contributed by atoms with Crippen LogP contribution in [0.3, 0.4) is 0 Å². The van der Waals surface area contributed by atoms with Crippen molar-refractivity contribution in [1.82, 2.24) is 0 Å². The van der Waals surface area contributed by atoms with Gasteiger partial charge in [0.25, 0.3) is 0 Å². The lowest BCUT2D eigenvalue weighted by molar-refractivity contribution is 0.0692. The van der Waals surface area contributed by atoms with Crippen LogP contribution in [0.5, 0.6) is 11.5 Å². The molecule has 0 fully saturated rings. The number of nitrogens with zero attached hydrogens (tertiary/aromatic N) is 1. The number of carboxylic acid groups (broad SMARTS) is 1. The summed E-state index contributed by atoms with van der Waals surface area (Å²) in [6.45, 7) is 0. The van der Waals surface area contributed by atoms with Gasteiger partial charge in [-0.15, -0.1) is 0 Å². The third-order valence-corrected chi connectivity index (χ3v) is 3.38. The van der Waals surface area contributed by atoms with Crippen LogP contribution in [-0.4, -0.2) is 31.5 Å². The molecule has 0 aliphatic carbocycles. The molecule has 0 unspecified atom stereocenters. The summed E-state index contributed by atoms with van der Waals surface area (Å²) >= 11 is 6.01. The minimum atomic E-state index is -1.14. The molecule has 0 saturated heterocycles. The molecule has 0 aliphatic rings. The number of hydrogen-bond acceptors (Lipinski definition) is 5. The summed E-state index contributed by atoms with van der Waals surface area (Å²) in [6.07, 6.45) is 1.38. The third kappa shape index (κ3) is 3.73. The number of aromatic carboxylic acids is 1. The van der Waals surface area contributed by atoms with Crippen LogP contribution in [0, 0.1) is 0 Å². The van der Waals surface area contributed by atoms with E-state index in [9.17, 15) is 9.90 Å². The van der Waals surface area contributed by atoms with Gasteiger partial charge in [-0.3, -0.25) is 5.43 Å². The number of hydrogen-bond donors (Lipinski definition) is 2. The molecule has 120 valence electrons. The molecule has 6 nitrogen and oxygen atoms in total. The molecule has 0 aliphatic heterocycles. The summed E-state index contributed by atoms with van der Waals surface area (Å²) in [6, 6.07) is 10.3. The van der Waals surface area contributed by atoms with E-state index in [-0.39, 0.29) is 11.3 Å². The lowest BCUT2D eigenvalue weighted by Crippen LogP contribution is -2.07. The molecule has 2 N–H and O–H groups in total. The fourth-order valence-electron chi connectivity index (χ4n) is 1.99. The van der Waals surface area contributed by atoms with Crippen molar-refractivity contribution in [2.45, 2.75) is 0 Å². The Kier molecular flexibility index (Phi) is 5.43. The molecule has 0 bridgehead atoms. The number of carbonyl (C=O) groups is 1. The number of anilines is 1. The first-order valence-electron chi connectivity index (χ1n) is 6.60. The molecular formula is C16H15ClN2O4. The van der Waals surface area contributed by atoms with Crippen LogP contribution in [0.15, 0.2) is 41.5 Å². The second kappa shape index (κ2) is 7.51. The smallest absolute Gasteiger partial charge is 0.340 e. The fraction of sp³-hybridized carbons (Fsp3) is 0.125. The van der Waals surface area contributed by atoms with Crippen molar-refractivity contribution < 1.29 is 19.4 Å². The van der Waals surface area contributed by atoms with Gasteiger partial charge < -0.3 is 14.6 Å². The lowest BCUT2D eigenvalue weighted by Gasteiger charge is -2.12. The lowest BCUT2D eigenvalue weighted by atomic mass is 10.1. The van der Waals surface area contributed by atoms with Crippen LogP contribution in [0.1, 0.15) is 15.9 Å². The van der Waals surface area contributed by atoms with Crippen LogP contribution in [0.4, 0.5) is 5.69 Å². The van der Waals surface area contributed by atoms with E-state index < -0.39 is 5.97 Å². The zero-order valence-corrected chi connectivity index (χ0v) is 13.3. The Morgan fingerprint density at radius 1 is 1.22 bits per heavy atom. The molecule has 2 rings (SSSR count). The van der Waals surface area contributed by atoms with Gasteiger partial charge in [0, 0.05) is 5.56 Å². The molecule has 23 heavy (non-hydrogen) atoms. The van der Waals surface area contributed by atoms with E-state index >= 15 is 0 Å². The highest BCUT2D eigenvalue weighted by molar-refractivity contribution is 6.33. The minimum absolute atomic E-state index is 0.0310. The number of carboxylic acids is 1. The van der Waals surface area contributed by atoms with Crippen LogP contribution < -0.4 is 14.9 Å². The minimum Gasteiger partial charge on any atom is -0.493 e. The molecule has 0 aromatic heterocycles. The number of halogens is 1. The Balaban J connectivity index is 2.34. The van der Waals surface area contributed by atoms with E-state index in [1.165, 1.54) is 20.4 Å². The number of hydrazone groups is 1. The van der Waals surface area contributed by atoms with Crippen molar-refractivity contribution in [2.75, 3.05) is 19.6 Å². The van der Waals surface area contributed by atoms with E-state index in [1.54, 1.807) is 30.3 Å². The number of methoxy groups -OCH3 is 2. The van der Waals surface area contributed by atoms with E-state index in [1.807, 2.05) is 6.07 Å². The summed E-state index contributed by atoms with van der Waals surface area (Å²) in [5.41, 5.74) is 3.72. The summed E-state index contributed by atoms with van der Waals surface area (Å²) in [5, 5.41) is 14.0. The first-order valence-corrected chi connectivity index (χ1v) is 6.98. The summed E-state index contributed by atoms with van der Waals surface area (Å²) in [4.78, 5) is 11.5. The second-order valence-corrected chi connectivity index (χ2v) is 4.83. The quantitative estimate of drug-likeness (QED) is 0.624. The predicted molar refractivity (Wildman–Crippen MR) is 89.2 cm³/mol. The largest absolute Gasteiger partial charge is 0.493 e. The van der Waals surface area contributed by atoms with Crippen molar-refractivity contribution in [3.05, 3.63) is 52.5 Å². The van der Waals surface area contributed by atoms with Crippen molar-refractivity contribution >= 4 is 29.5 Å². The third-order valence-electron chi connectivity index (χ3n) is 3.05. The van der Waals surface area contributed by atoms with E-state index in [0.29, 0.717) is 22.0 Å². The second-order valence-electron chi connectivity index (χ2n) is 4.42. The van der Waals surface area contributed by atoms with E-state index in [4.69, 9.17) is 21.1 Å². The number of rotatable bonds is 6. The maximum Gasteiger partial charge on any atom is 0.340 e. The Bertz CT molecular complexity index is 747. The highest BCUT2D eigenvalue weighted by atomic mass is 35.5. The Hall–Kier alpha value is -2.73. The van der Waals surface area contributed by atoms with Gasteiger partial charge in [-0.1, -0.05) is 23.7 Å². The molecule has 7 heteroatoms.